The number of nitrogens with zero attached hydrogens (tertiary/aromatic N) is 2. The van der Waals surface area contributed by atoms with E-state index in [-0.39, 0.29) is 24.1 Å². The molecule has 0 saturated carbocycles. The van der Waals surface area contributed by atoms with E-state index in [2.05, 4.69) is 0 Å². The molecule has 0 radical (unpaired) electrons. The van der Waals surface area contributed by atoms with Crippen LogP contribution in [0.4, 0.5) is 0 Å². The molecule has 0 fully saturated rings. The number of carboxylic acid groups (broad SMARTS) is 1. The Morgan fingerprint density at radius 1 is 1.14 bits per heavy atom. The maximum Gasteiger partial charge on any atom is 0.338 e. The van der Waals surface area contributed by atoms with Gasteiger partial charge in [-0.1, -0.05) is 18.2 Å². The highest BCUT2D eigenvalue weighted by molar-refractivity contribution is 5.95. The van der Waals surface area contributed by atoms with Crippen LogP contribution >= 0.6 is 0 Å². The fraction of sp³-hybridized carbons (Fsp3) is 0.200. The number of carbonyl (C=O) groups excluding carboxylic acids is 1. The second-order valence-electron chi connectivity index (χ2n) is 4.74. The summed E-state index contributed by atoms with van der Waals surface area (Å²) >= 11 is 0. The van der Waals surface area contributed by atoms with Crippen molar-refractivity contribution >= 4 is 11.9 Å². The van der Waals surface area contributed by atoms with Crippen LogP contribution in [-0.4, -0.2) is 26.1 Å². The van der Waals surface area contributed by atoms with Gasteiger partial charge in [0.25, 0.3) is 11.5 Å². The molecule has 114 valence electrons. The molecule has 2 aromatic rings. The molecular formula is C15H14N2O5. The normalized spacial score (nSPS) is 10.4. The van der Waals surface area contributed by atoms with Crippen LogP contribution in [0.1, 0.15) is 22.3 Å². The zero-order chi connectivity index (χ0) is 16.3. The molecule has 0 saturated heterocycles. The van der Waals surface area contributed by atoms with Crippen LogP contribution in [-0.2, 0) is 11.3 Å². The third kappa shape index (κ3) is 3.03. The highest BCUT2D eigenvalue weighted by Gasteiger charge is 2.17. The maximum atomic E-state index is 12.4. The summed E-state index contributed by atoms with van der Waals surface area (Å²) in [6.45, 7) is 1.35. The maximum absolute atomic E-state index is 12.4. The number of hydrogen-bond acceptors (Lipinski definition) is 4. The van der Waals surface area contributed by atoms with E-state index < -0.39 is 23.1 Å². The first-order valence-corrected chi connectivity index (χ1v) is 6.56. The van der Waals surface area contributed by atoms with Crippen LogP contribution in [0.3, 0.4) is 0 Å². The van der Waals surface area contributed by atoms with Gasteiger partial charge in [-0.15, -0.1) is 0 Å². The van der Waals surface area contributed by atoms with E-state index in [4.69, 9.17) is 5.11 Å². The average Bonchev–Trinajstić information content (AvgIpc) is 2.50. The lowest BCUT2D eigenvalue weighted by atomic mass is 10.2. The van der Waals surface area contributed by atoms with Gasteiger partial charge >= 0.3 is 11.7 Å². The number of aliphatic carboxylic acids is 1. The third-order valence-electron chi connectivity index (χ3n) is 3.12. The Morgan fingerprint density at radius 2 is 1.77 bits per heavy atom. The van der Waals surface area contributed by atoms with Crippen LogP contribution < -0.4 is 11.2 Å². The lowest BCUT2D eigenvalue weighted by molar-refractivity contribution is -0.137. The molecule has 0 spiro atoms. The van der Waals surface area contributed by atoms with E-state index in [0.717, 1.165) is 4.57 Å². The molecule has 1 aromatic carbocycles. The minimum atomic E-state index is -1.07. The number of hydrogen-bond donors (Lipinski definition) is 1. The number of aromatic nitrogens is 2. The Balaban J connectivity index is 2.56. The highest BCUT2D eigenvalue weighted by atomic mass is 16.4. The van der Waals surface area contributed by atoms with Crippen LogP contribution in [0.2, 0.25) is 0 Å². The predicted octanol–water partition coefficient (Wildman–Crippen LogP) is 0.482. The first-order valence-electron chi connectivity index (χ1n) is 6.56. The minimum Gasteiger partial charge on any atom is -0.481 e. The second-order valence-corrected chi connectivity index (χ2v) is 4.74. The molecule has 2 rings (SSSR count). The van der Waals surface area contributed by atoms with Crippen molar-refractivity contribution in [3.63, 3.8) is 0 Å². The number of benzene rings is 1. The number of aryl methyl sites for hydroxylation is 2. The van der Waals surface area contributed by atoms with E-state index >= 15 is 0 Å². The smallest absolute Gasteiger partial charge is 0.338 e. The molecule has 0 atom stereocenters. The van der Waals surface area contributed by atoms with Gasteiger partial charge in [0.15, 0.2) is 0 Å². The standard InChI is InChI=1S/C15H14N2O5/c1-10-9-16(8-7-12(18)19)15(22)17(13(10)20)14(21)11-5-3-2-4-6-11/h2-6,9H,7-8H2,1H3,(H,18,19). The molecule has 0 amide bonds. The summed E-state index contributed by atoms with van der Waals surface area (Å²) in [5.74, 6) is -1.81. The Bertz CT molecular complexity index is 833. The SMILES string of the molecule is Cc1cn(CCC(=O)O)c(=O)n(C(=O)c2ccccc2)c1=O. The van der Waals surface area contributed by atoms with Crippen LogP contribution in [0, 0.1) is 6.92 Å². The van der Waals surface area contributed by atoms with E-state index in [1.807, 2.05) is 0 Å². The summed E-state index contributed by atoms with van der Waals surface area (Å²) in [6, 6.07) is 7.95. The molecule has 1 heterocycles. The highest BCUT2D eigenvalue weighted by Crippen LogP contribution is 2.00. The molecule has 0 unspecified atom stereocenters. The van der Waals surface area contributed by atoms with Crippen LogP contribution in [0.25, 0.3) is 0 Å². The lowest BCUT2D eigenvalue weighted by Crippen LogP contribution is -2.44. The van der Waals surface area contributed by atoms with Gasteiger partial charge in [0.05, 0.1) is 6.42 Å². The lowest BCUT2D eigenvalue weighted by Gasteiger charge is -2.10. The fourth-order valence-electron chi connectivity index (χ4n) is 2.00. The van der Waals surface area contributed by atoms with Gasteiger partial charge in [0, 0.05) is 23.9 Å². The molecular weight excluding hydrogens is 288 g/mol. The number of carboxylic acids is 1. The van der Waals surface area contributed by atoms with Crippen molar-refractivity contribution in [1.82, 2.24) is 9.13 Å². The first-order chi connectivity index (χ1) is 10.4. The van der Waals surface area contributed by atoms with Gasteiger partial charge < -0.3 is 5.11 Å². The molecule has 22 heavy (non-hydrogen) atoms. The summed E-state index contributed by atoms with van der Waals surface area (Å²) in [7, 11) is 0. The third-order valence-corrected chi connectivity index (χ3v) is 3.12. The topological polar surface area (TPSA) is 98.4 Å². The van der Waals surface area contributed by atoms with E-state index in [0.29, 0.717) is 4.57 Å². The van der Waals surface area contributed by atoms with Crippen molar-refractivity contribution in [3.05, 3.63) is 68.5 Å². The van der Waals surface area contributed by atoms with Gasteiger partial charge in [-0.25, -0.2) is 4.79 Å². The molecule has 1 N–H and O–H groups in total. The quantitative estimate of drug-likeness (QED) is 0.885. The molecule has 0 aliphatic carbocycles. The summed E-state index contributed by atoms with van der Waals surface area (Å²) in [6.07, 6.45) is 0.986. The zero-order valence-corrected chi connectivity index (χ0v) is 11.9. The molecule has 7 heteroatoms. The van der Waals surface area contributed by atoms with E-state index in [1.54, 1.807) is 18.2 Å². The van der Waals surface area contributed by atoms with Gasteiger partial charge in [-0.2, -0.15) is 4.57 Å². The largest absolute Gasteiger partial charge is 0.481 e. The predicted molar refractivity (Wildman–Crippen MR) is 78.1 cm³/mol. The number of rotatable bonds is 4. The summed E-state index contributed by atoms with van der Waals surface area (Å²) in [5.41, 5.74) is -1.15. The van der Waals surface area contributed by atoms with Gasteiger partial charge in [-0.05, 0) is 19.1 Å². The molecule has 7 nitrogen and oxygen atoms in total. The monoisotopic (exact) mass is 302 g/mol. The Hall–Kier alpha value is -2.96. The summed E-state index contributed by atoms with van der Waals surface area (Å²) in [5, 5.41) is 8.70. The summed E-state index contributed by atoms with van der Waals surface area (Å²) in [4.78, 5) is 47.4. The van der Waals surface area contributed by atoms with E-state index in [9.17, 15) is 19.2 Å². The van der Waals surface area contributed by atoms with Crippen molar-refractivity contribution in [2.45, 2.75) is 19.9 Å². The minimum absolute atomic E-state index is 0.114. The zero-order valence-electron chi connectivity index (χ0n) is 11.9. The fourth-order valence-corrected chi connectivity index (χ4v) is 2.00. The van der Waals surface area contributed by atoms with E-state index in [1.165, 1.54) is 25.3 Å². The second kappa shape index (κ2) is 6.21. The van der Waals surface area contributed by atoms with Crippen LogP contribution in [0.5, 0.6) is 0 Å². The van der Waals surface area contributed by atoms with Gasteiger partial charge in [-0.3, -0.25) is 19.0 Å². The van der Waals surface area contributed by atoms with Crippen LogP contribution in [0.15, 0.2) is 46.1 Å². The Labute approximate surface area is 125 Å². The Morgan fingerprint density at radius 3 is 2.36 bits per heavy atom. The molecule has 1 aromatic heterocycles. The van der Waals surface area contributed by atoms with Crippen molar-refractivity contribution in [2.75, 3.05) is 0 Å². The van der Waals surface area contributed by atoms with Gasteiger partial charge in [0.1, 0.15) is 0 Å². The molecule has 0 aliphatic rings. The average molecular weight is 302 g/mol. The van der Waals surface area contributed by atoms with Crippen molar-refractivity contribution in [2.24, 2.45) is 0 Å². The van der Waals surface area contributed by atoms with Crippen molar-refractivity contribution in [3.8, 4) is 0 Å². The van der Waals surface area contributed by atoms with Crippen molar-refractivity contribution in [1.29, 1.82) is 0 Å². The summed E-state index contributed by atoms with van der Waals surface area (Å²) < 4.78 is 1.60. The van der Waals surface area contributed by atoms with Gasteiger partial charge in [0.2, 0.25) is 0 Å². The molecule has 0 aliphatic heterocycles. The van der Waals surface area contributed by atoms with Crippen molar-refractivity contribution < 1.29 is 14.7 Å². The molecule has 0 bridgehead atoms. The Kier molecular flexibility index (Phi) is 4.36. The first kappa shape index (κ1) is 15.4. The number of carbonyl (C=O) groups is 2.